The van der Waals surface area contributed by atoms with Gasteiger partial charge in [0.1, 0.15) is 0 Å². The van der Waals surface area contributed by atoms with Gasteiger partial charge in [-0.15, -0.1) is 0 Å². The third-order valence-corrected chi connectivity index (χ3v) is 6.23. The molecule has 0 atom stereocenters. The van der Waals surface area contributed by atoms with Gasteiger partial charge in [-0.2, -0.15) is 0 Å². The molecule has 3 nitrogen and oxygen atoms in total. The molecule has 1 heterocycles. The predicted molar refractivity (Wildman–Crippen MR) is 122 cm³/mol. The Labute approximate surface area is 180 Å². The Kier molecular flexibility index (Phi) is 6.68. The molecule has 1 fully saturated rings. The van der Waals surface area contributed by atoms with Crippen LogP contribution >= 0.6 is 0 Å². The van der Waals surface area contributed by atoms with Crippen LogP contribution in [-0.2, 0) is 24.4 Å². The van der Waals surface area contributed by atoms with E-state index in [1.807, 2.05) is 6.07 Å². The van der Waals surface area contributed by atoms with Crippen LogP contribution in [0.1, 0.15) is 54.5 Å². The number of amides is 1. The number of aromatic nitrogens is 1. The Morgan fingerprint density at radius 1 is 0.867 bits per heavy atom. The Morgan fingerprint density at radius 2 is 1.60 bits per heavy atom. The summed E-state index contributed by atoms with van der Waals surface area (Å²) in [5, 5.41) is 0. The van der Waals surface area contributed by atoms with Crippen molar-refractivity contribution < 1.29 is 4.79 Å². The molecular formula is C27H32N2O. The van der Waals surface area contributed by atoms with Crippen LogP contribution in [0.15, 0.2) is 72.9 Å². The van der Waals surface area contributed by atoms with Gasteiger partial charge in [-0.3, -0.25) is 4.79 Å². The SMILES string of the molecule is Cc1ccc(Cn2cccc2CN(Cc2ccccc2)C(=O)C2CCCCC2)cc1. The molecule has 0 unspecified atom stereocenters. The minimum Gasteiger partial charge on any atom is -0.345 e. The molecule has 4 rings (SSSR count). The van der Waals surface area contributed by atoms with Crippen LogP contribution in [-0.4, -0.2) is 15.4 Å². The lowest BCUT2D eigenvalue weighted by atomic mass is 9.88. The van der Waals surface area contributed by atoms with Crippen LogP contribution < -0.4 is 0 Å². The number of aryl methyl sites for hydroxylation is 1. The van der Waals surface area contributed by atoms with Crippen LogP contribution in [0, 0.1) is 12.8 Å². The lowest BCUT2D eigenvalue weighted by molar-refractivity contribution is -0.138. The minimum atomic E-state index is 0.183. The number of rotatable bonds is 7. The van der Waals surface area contributed by atoms with Crippen molar-refractivity contribution in [3.05, 3.63) is 95.3 Å². The van der Waals surface area contributed by atoms with Gasteiger partial charge in [0, 0.05) is 30.9 Å². The van der Waals surface area contributed by atoms with Gasteiger partial charge in [-0.25, -0.2) is 0 Å². The zero-order chi connectivity index (χ0) is 20.8. The molecular weight excluding hydrogens is 368 g/mol. The third kappa shape index (κ3) is 5.21. The normalized spacial score (nSPS) is 14.6. The summed E-state index contributed by atoms with van der Waals surface area (Å²) < 4.78 is 2.27. The third-order valence-electron chi connectivity index (χ3n) is 6.23. The maximum atomic E-state index is 13.5. The number of nitrogens with zero attached hydrogens (tertiary/aromatic N) is 2. The van der Waals surface area contributed by atoms with Gasteiger partial charge in [0.15, 0.2) is 0 Å². The van der Waals surface area contributed by atoms with Gasteiger partial charge < -0.3 is 9.47 Å². The van der Waals surface area contributed by atoms with E-state index in [2.05, 4.69) is 83.3 Å². The molecule has 0 saturated heterocycles. The van der Waals surface area contributed by atoms with Crippen LogP contribution in [0.3, 0.4) is 0 Å². The quantitative estimate of drug-likeness (QED) is 0.481. The number of carbonyl (C=O) groups is 1. The molecule has 1 saturated carbocycles. The van der Waals surface area contributed by atoms with Crippen molar-refractivity contribution >= 4 is 5.91 Å². The molecule has 30 heavy (non-hydrogen) atoms. The van der Waals surface area contributed by atoms with Crippen LogP contribution in [0.2, 0.25) is 0 Å². The van der Waals surface area contributed by atoms with E-state index in [0.717, 1.165) is 19.4 Å². The van der Waals surface area contributed by atoms with Gasteiger partial charge in [0.05, 0.1) is 6.54 Å². The Hall–Kier alpha value is -2.81. The van der Waals surface area contributed by atoms with Gasteiger partial charge in [-0.1, -0.05) is 79.4 Å². The fourth-order valence-electron chi connectivity index (χ4n) is 4.46. The van der Waals surface area contributed by atoms with Crippen molar-refractivity contribution in [1.29, 1.82) is 0 Å². The zero-order valence-electron chi connectivity index (χ0n) is 18.0. The lowest BCUT2D eigenvalue weighted by Crippen LogP contribution is -2.36. The summed E-state index contributed by atoms with van der Waals surface area (Å²) in [6.45, 7) is 4.28. The molecule has 0 spiro atoms. The predicted octanol–water partition coefficient (Wildman–Crippen LogP) is 5.95. The fourth-order valence-corrected chi connectivity index (χ4v) is 4.46. The fraction of sp³-hybridized carbons (Fsp3) is 0.370. The molecule has 0 N–H and O–H groups in total. The van der Waals surface area contributed by atoms with Crippen molar-refractivity contribution in [1.82, 2.24) is 9.47 Å². The Bertz CT molecular complexity index is 937. The monoisotopic (exact) mass is 400 g/mol. The Morgan fingerprint density at radius 3 is 2.33 bits per heavy atom. The molecule has 1 aliphatic rings. The molecule has 1 amide bonds. The van der Waals surface area contributed by atoms with Crippen molar-refractivity contribution in [2.45, 2.75) is 58.7 Å². The summed E-state index contributed by atoms with van der Waals surface area (Å²) in [6, 6.07) is 23.3. The van der Waals surface area contributed by atoms with Crippen molar-refractivity contribution in [2.24, 2.45) is 5.92 Å². The largest absolute Gasteiger partial charge is 0.345 e. The van der Waals surface area contributed by atoms with Gasteiger partial charge >= 0.3 is 0 Å². The van der Waals surface area contributed by atoms with Crippen molar-refractivity contribution in [2.75, 3.05) is 0 Å². The second-order valence-corrected chi connectivity index (χ2v) is 8.63. The highest BCUT2D eigenvalue weighted by Gasteiger charge is 2.26. The lowest BCUT2D eigenvalue weighted by Gasteiger charge is -2.30. The molecule has 0 radical (unpaired) electrons. The van der Waals surface area contributed by atoms with Crippen LogP contribution in [0.4, 0.5) is 0 Å². The maximum Gasteiger partial charge on any atom is 0.226 e. The highest BCUT2D eigenvalue weighted by molar-refractivity contribution is 5.79. The summed E-state index contributed by atoms with van der Waals surface area (Å²) in [5.41, 5.74) is 4.94. The van der Waals surface area contributed by atoms with Crippen LogP contribution in [0.5, 0.6) is 0 Å². The van der Waals surface area contributed by atoms with E-state index in [0.29, 0.717) is 19.0 Å². The molecule has 1 aromatic heterocycles. The smallest absolute Gasteiger partial charge is 0.226 e. The van der Waals surface area contributed by atoms with E-state index in [9.17, 15) is 4.79 Å². The van der Waals surface area contributed by atoms with Crippen molar-refractivity contribution in [3.8, 4) is 0 Å². The standard InChI is InChI=1S/C27H32N2O/c1-22-14-16-24(17-15-22)19-28-18-8-13-26(28)21-29(20-23-9-4-2-5-10-23)27(30)25-11-6-3-7-12-25/h2,4-5,8-10,13-18,25H,3,6-7,11-12,19-21H2,1H3. The molecule has 3 aromatic rings. The second-order valence-electron chi connectivity index (χ2n) is 8.63. The second kappa shape index (κ2) is 9.80. The number of carbonyl (C=O) groups excluding carboxylic acids is 1. The Balaban J connectivity index is 1.53. The summed E-state index contributed by atoms with van der Waals surface area (Å²) >= 11 is 0. The molecule has 2 aromatic carbocycles. The summed E-state index contributed by atoms with van der Waals surface area (Å²) in [5.74, 6) is 0.504. The molecule has 156 valence electrons. The first-order valence-corrected chi connectivity index (χ1v) is 11.2. The summed E-state index contributed by atoms with van der Waals surface area (Å²) in [4.78, 5) is 15.5. The highest BCUT2D eigenvalue weighted by Crippen LogP contribution is 2.27. The number of benzene rings is 2. The minimum absolute atomic E-state index is 0.183. The van der Waals surface area contributed by atoms with Gasteiger partial charge in [0.25, 0.3) is 0 Å². The van der Waals surface area contributed by atoms with E-state index in [1.54, 1.807) is 0 Å². The molecule has 3 heteroatoms. The average Bonchev–Trinajstić information content (AvgIpc) is 3.22. The van der Waals surface area contributed by atoms with Crippen molar-refractivity contribution in [3.63, 3.8) is 0 Å². The van der Waals surface area contributed by atoms with E-state index >= 15 is 0 Å². The maximum absolute atomic E-state index is 13.5. The first-order chi connectivity index (χ1) is 14.7. The van der Waals surface area contributed by atoms with E-state index in [-0.39, 0.29) is 5.92 Å². The first kappa shape index (κ1) is 20.5. The average molecular weight is 401 g/mol. The molecule has 0 aliphatic heterocycles. The van der Waals surface area contributed by atoms with E-state index < -0.39 is 0 Å². The van der Waals surface area contributed by atoms with Gasteiger partial charge in [0.2, 0.25) is 5.91 Å². The number of hydrogen-bond acceptors (Lipinski definition) is 1. The summed E-state index contributed by atoms with van der Waals surface area (Å²) in [6.07, 6.45) is 7.82. The molecule has 0 bridgehead atoms. The highest BCUT2D eigenvalue weighted by atomic mass is 16.2. The first-order valence-electron chi connectivity index (χ1n) is 11.2. The van der Waals surface area contributed by atoms with Gasteiger partial charge in [-0.05, 0) is 43.0 Å². The topological polar surface area (TPSA) is 25.2 Å². The number of hydrogen-bond donors (Lipinski definition) is 0. The zero-order valence-corrected chi connectivity index (χ0v) is 18.0. The molecule has 1 aliphatic carbocycles. The summed E-state index contributed by atoms with van der Waals surface area (Å²) in [7, 11) is 0. The van der Waals surface area contributed by atoms with E-state index in [4.69, 9.17) is 0 Å². The van der Waals surface area contributed by atoms with Crippen LogP contribution in [0.25, 0.3) is 0 Å². The van der Waals surface area contributed by atoms with E-state index in [1.165, 1.54) is 41.6 Å².